The second kappa shape index (κ2) is 5.79. The number of nitrogens with zero attached hydrogens (tertiary/aromatic N) is 1. The second-order valence-corrected chi connectivity index (χ2v) is 4.65. The van der Waals surface area contributed by atoms with Crippen molar-refractivity contribution in [3.63, 3.8) is 0 Å². The van der Waals surface area contributed by atoms with Crippen molar-refractivity contribution in [1.29, 1.82) is 0 Å². The van der Waals surface area contributed by atoms with E-state index in [1.807, 2.05) is 20.8 Å². The number of nitrogens with one attached hydrogen (secondary N) is 1. The molecular formula is C12H19N3O3. The highest BCUT2D eigenvalue weighted by molar-refractivity contribution is 5.61. The van der Waals surface area contributed by atoms with E-state index in [2.05, 4.69) is 5.43 Å². The number of benzene rings is 1. The summed E-state index contributed by atoms with van der Waals surface area (Å²) < 4.78 is 5.70. The monoisotopic (exact) mass is 253 g/mol. The van der Waals surface area contributed by atoms with Crippen molar-refractivity contribution in [2.24, 2.45) is 5.84 Å². The molecule has 1 rings (SSSR count). The van der Waals surface area contributed by atoms with Gasteiger partial charge in [-0.2, -0.15) is 0 Å². The summed E-state index contributed by atoms with van der Waals surface area (Å²) in [6.07, 6.45) is 0.873. The Kier molecular flexibility index (Phi) is 4.63. The molecule has 0 radical (unpaired) electrons. The first-order chi connectivity index (χ1) is 8.39. The van der Waals surface area contributed by atoms with Crippen LogP contribution in [0.25, 0.3) is 0 Å². The number of hydrogen-bond donors (Lipinski definition) is 2. The third-order valence-electron chi connectivity index (χ3n) is 2.90. The van der Waals surface area contributed by atoms with Crippen LogP contribution in [0.1, 0.15) is 32.8 Å². The number of anilines is 1. The van der Waals surface area contributed by atoms with Crippen LogP contribution in [0.15, 0.2) is 18.2 Å². The zero-order chi connectivity index (χ0) is 13.8. The maximum Gasteiger partial charge on any atom is 0.294 e. The Hall–Kier alpha value is -1.66. The van der Waals surface area contributed by atoms with Gasteiger partial charge in [-0.3, -0.25) is 16.0 Å². The molecule has 1 aromatic rings. The third-order valence-corrected chi connectivity index (χ3v) is 2.90. The smallest absolute Gasteiger partial charge is 0.294 e. The Bertz CT molecular complexity index is 433. The highest BCUT2D eigenvalue weighted by Crippen LogP contribution is 2.26. The molecule has 6 nitrogen and oxygen atoms in total. The number of ether oxygens (including phenoxy) is 1. The van der Waals surface area contributed by atoms with E-state index in [4.69, 9.17) is 10.6 Å². The van der Waals surface area contributed by atoms with E-state index in [-0.39, 0.29) is 11.3 Å². The van der Waals surface area contributed by atoms with E-state index in [0.717, 1.165) is 12.0 Å². The van der Waals surface area contributed by atoms with Gasteiger partial charge in [-0.15, -0.1) is 0 Å². The van der Waals surface area contributed by atoms with E-state index in [1.54, 1.807) is 12.1 Å². The fourth-order valence-corrected chi connectivity index (χ4v) is 1.32. The van der Waals surface area contributed by atoms with Gasteiger partial charge in [0.15, 0.2) is 0 Å². The third kappa shape index (κ3) is 3.68. The first kappa shape index (κ1) is 14.4. The summed E-state index contributed by atoms with van der Waals surface area (Å²) in [7, 11) is 0. The van der Waals surface area contributed by atoms with Gasteiger partial charge in [-0.05, 0) is 31.9 Å². The molecule has 0 bridgehead atoms. The number of hydrazine groups is 1. The Morgan fingerprint density at radius 3 is 2.67 bits per heavy atom. The van der Waals surface area contributed by atoms with Crippen molar-refractivity contribution in [3.8, 4) is 0 Å². The minimum absolute atomic E-state index is 0.0482. The lowest BCUT2D eigenvalue weighted by molar-refractivity contribution is -0.384. The molecule has 0 aliphatic carbocycles. The second-order valence-electron chi connectivity index (χ2n) is 4.65. The molecule has 0 heterocycles. The average Bonchev–Trinajstić information content (AvgIpc) is 2.36. The van der Waals surface area contributed by atoms with Gasteiger partial charge < -0.3 is 10.2 Å². The van der Waals surface area contributed by atoms with Gasteiger partial charge in [0.25, 0.3) is 5.69 Å². The number of hydrogen-bond acceptors (Lipinski definition) is 5. The quantitative estimate of drug-likeness (QED) is 0.462. The molecule has 0 saturated carbocycles. The number of nitro benzene ring substituents is 1. The number of nitrogens with two attached hydrogens (primary N) is 1. The molecule has 0 aliphatic heterocycles. The predicted molar refractivity (Wildman–Crippen MR) is 70.1 cm³/mol. The molecule has 18 heavy (non-hydrogen) atoms. The largest absolute Gasteiger partial charge is 0.371 e. The van der Waals surface area contributed by atoms with E-state index in [9.17, 15) is 10.1 Å². The summed E-state index contributed by atoms with van der Waals surface area (Å²) in [5, 5.41) is 10.9. The van der Waals surface area contributed by atoms with Crippen molar-refractivity contribution in [2.45, 2.75) is 39.4 Å². The normalized spacial score (nSPS) is 11.3. The number of nitro groups is 1. The summed E-state index contributed by atoms with van der Waals surface area (Å²) in [4.78, 5) is 10.4. The molecule has 0 amide bonds. The van der Waals surface area contributed by atoms with Crippen LogP contribution in [0, 0.1) is 10.1 Å². The summed E-state index contributed by atoms with van der Waals surface area (Å²) in [6, 6.07) is 4.81. The van der Waals surface area contributed by atoms with Gasteiger partial charge in [-0.1, -0.05) is 13.0 Å². The minimum atomic E-state index is -0.469. The van der Waals surface area contributed by atoms with Crippen LogP contribution in [0.5, 0.6) is 0 Å². The summed E-state index contributed by atoms with van der Waals surface area (Å²) >= 11 is 0. The Labute approximate surface area is 106 Å². The van der Waals surface area contributed by atoms with Gasteiger partial charge >= 0.3 is 0 Å². The van der Waals surface area contributed by atoms with Crippen molar-refractivity contribution >= 4 is 11.4 Å². The fourth-order valence-electron chi connectivity index (χ4n) is 1.32. The molecule has 1 aromatic carbocycles. The van der Waals surface area contributed by atoms with Crippen molar-refractivity contribution < 1.29 is 9.66 Å². The highest BCUT2D eigenvalue weighted by atomic mass is 16.6. The van der Waals surface area contributed by atoms with Crippen LogP contribution < -0.4 is 11.3 Å². The van der Waals surface area contributed by atoms with E-state index >= 15 is 0 Å². The lowest BCUT2D eigenvalue weighted by Crippen LogP contribution is -2.22. The lowest BCUT2D eigenvalue weighted by atomic mass is 10.1. The first-order valence-corrected chi connectivity index (χ1v) is 5.77. The van der Waals surface area contributed by atoms with Gasteiger partial charge in [-0.25, -0.2) is 0 Å². The van der Waals surface area contributed by atoms with Crippen LogP contribution in [0.4, 0.5) is 11.4 Å². The molecule has 0 fully saturated rings. The van der Waals surface area contributed by atoms with Gasteiger partial charge in [0.05, 0.1) is 17.1 Å². The molecule has 0 aliphatic rings. The molecule has 0 unspecified atom stereocenters. The Balaban J connectivity index is 2.86. The summed E-state index contributed by atoms with van der Waals surface area (Å²) in [5.74, 6) is 5.22. The van der Waals surface area contributed by atoms with Gasteiger partial charge in [0, 0.05) is 6.07 Å². The Morgan fingerprint density at radius 2 is 2.17 bits per heavy atom. The van der Waals surface area contributed by atoms with Gasteiger partial charge in [0.1, 0.15) is 5.69 Å². The van der Waals surface area contributed by atoms with Crippen molar-refractivity contribution in [3.05, 3.63) is 33.9 Å². The van der Waals surface area contributed by atoms with E-state index in [1.165, 1.54) is 6.07 Å². The van der Waals surface area contributed by atoms with Crippen LogP contribution >= 0.6 is 0 Å². The molecule has 3 N–H and O–H groups in total. The van der Waals surface area contributed by atoms with Crippen LogP contribution in [-0.4, -0.2) is 10.5 Å². The maximum atomic E-state index is 10.9. The average molecular weight is 253 g/mol. The zero-order valence-corrected chi connectivity index (χ0v) is 10.9. The van der Waals surface area contributed by atoms with Gasteiger partial charge in [0.2, 0.25) is 0 Å². The molecule has 0 spiro atoms. The zero-order valence-electron chi connectivity index (χ0n) is 10.9. The summed E-state index contributed by atoms with van der Waals surface area (Å²) in [5.41, 5.74) is 3.06. The van der Waals surface area contributed by atoms with Crippen LogP contribution in [-0.2, 0) is 11.3 Å². The molecule has 0 atom stereocenters. The fraction of sp³-hybridized carbons (Fsp3) is 0.500. The first-order valence-electron chi connectivity index (χ1n) is 5.77. The Morgan fingerprint density at radius 1 is 1.50 bits per heavy atom. The highest BCUT2D eigenvalue weighted by Gasteiger charge is 2.17. The molecular weight excluding hydrogens is 234 g/mol. The number of rotatable bonds is 6. The molecule has 100 valence electrons. The minimum Gasteiger partial charge on any atom is -0.371 e. The lowest BCUT2D eigenvalue weighted by Gasteiger charge is -2.23. The maximum absolute atomic E-state index is 10.9. The van der Waals surface area contributed by atoms with E-state index < -0.39 is 4.92 Å². The topological polar surface area (TPSA) is 90.4 Å². The SMILES string of the molecule is CCC(C)(C)OCc1ccc(NN)c([N+](=O)[O-])c1. The molecule has 0 aromatic heterocycles. The van der Waals surface area contributed by atoms with Crippen LogP contribution in [0.2, 0.25) is 0 Å². The molecule has 0 saturated heterocycles. The van der Waals surface area contributed by atoms with Crippen molar-refractivity contribution in [1.82, 2.24) is 0 Å². The standard InChI is InChI=1S/C12H19N3O3/c1-4-12(2,3)18-8-9-5-6-10(14-13)11(7-9)15(16)17/h5-7,14H,4,8,13H2,1-3H3. The number of nitrogen functional groups attached to an aromatic ring is 1. The summed E-state index contributed by atoms with van der Waals surface area (Å²) in [6.45, 7) is 6.34. The molecule has 6 heteroatoms. The predicted octanol–water partition coefficient (Wildman–Crippen LogP) is 2.59. The van der Waals surface area contributed by atoms with Crippen LogP contribution in [0.3, 0.4) is 0 Å². The van der Waals surface area contributed by atoms with E-state index in [0.29, 0.717) is 12.3 Å². The van der Waals surface area contributed by atoms with Crippen molar-refractivity contribution in [2.75, 3.05) is 5.43 Å².